The Morgan fingerprint density at radius 2 is 1.62 bits per heavy atom. The van der Waals surface area contributed by atoms with Crippen molar-refractivity contribution >= 4 is 42.2 Å². The summed E-state index contributed by atoms with van der Waals surface area (Å²) in [5.74, 6) is 0. The lowest BCUT2D eigenvalue weighted by molar-refractivity contribution is 0.184. The molecule has 26 heavy (non-hydrogen) atoms. The Balaban J connectivity index is 1.60. The van der Waals surface area contributed by atoms with E-state index in [4.69, 9.17) is 0 Å². The van der Waals surface area contributed by atoms with Crippen LogP contribution in [0.1, 0.15) is 11.7 Å². The van der Waals surface area contributed by atoms with Crippen LogP contribution in [0.25, 0.3) is 20.9 Å². The molecule has 1 unspecified atom stereocenters. The molecule has 1 aromatic heterocycles. The molecule has 4 nitrogen and oxygen atoms in total. The zero-order valence-electron chi connectivity index (χ0n) is 13.8. The van der Waals surface area contributed by atoms with Crippen LogP contribution in [0.3, 0.4) is 0 Å². The van der Waals surface area contributed by atoms with Gasteiger partial charge in [0.15, 0.2) is 0 Å². The summed E-state index contributed by atoms with van der Waals surface area (Å²) in [5.41, 5.74) is 0.742. The topological polar surface area (TPSA) is 66.4 Å². The fourth-order valence-electron chi connectivity index (χ4n) is 3.06. The minimum absolute atomic E-state index is 0.0771. The van der Waals surface area contributed by atoms with E-state index in [1.54, 1.807) is 18.2 Å². The predicted octanol–water partition coefficient (Wildman–Crippen LogP) is 4.07. The Labute approximate surface area is 155 Å². The maximum absolute atomic E-state index is 12.8. The molecule has 0 aliphatic heterocycles. The van der Waals surface area contributed by atoms with E-state index in [1.807, 2.05) is 53.9 Å². The van der Waals surface area contributed by atoms with Gasteiger partial charge in [0.25, 0.3) is 0 Å². The second-order valence-electron chi connectivity index (χ2n) is 6.03. The minimum Gasteiger partial charge on any atom is -0.387 e. The van der Waals surface area contributed by atoms with Crippen LogP contribution in [-0.4, -0.2) is 20.1 Å². The van der Waals surface area contributed by atoms with Crippen molar-refractivity contribution in [1.29, 1.82) is 0 Å². The third-order valence-electron chi connectivity index (χ3n) is 4.38. The molecule has 2 N–H and O–H groups in total. The molecule has 6 heteroatoms. The summed E-state index contributed by atoms with van der Waals surface area (Å²) < 4.78 is 29.1. The summed E-state index contributed by atoms with van der Waals surface area (Å²) >= 11 is 1.54. The van der Waals surface area contributed by atoms with Crippen molar-refractivity contribution in [2.45, 2.75) is 11.0 Å². The molecule has 3 aromatic carbocycles. The van der Waals surface area contributed by atoms with Crippen molar-refractivity contribution < 1.29 is 13.5 Å². The van der Waals surface area contributed by atoms with Crippen molar-refractivity contribution in [3.05, 3.63) is 77.7 Å². The largest absolute Gasteiger partial charge is 0.387 e. The first-order valence-electron chi connectivity index (χ1n) is 8.18. The number of fused-ring (bicyclic) bond motifs is 2. The van der Waals surface area contributed by atoms with Crippen LogP contribution in [0.5, 0.6) is 0 Å². The lowest BCUT2D eigenvalue weighted by Gasteiger charge is -2.13. The second-order valence-corrected chi connectivity index (χ2v) is 8.68. The number of hydrogen-bond donors (Lipinski definition) is 2. The highest BCUT2D eigenvalue weighted by Crippen LogP contribution is 2.30. The van der Waals surface area contributed by atoms with Gasteiger partial charge in [0.05, 0.1) is 11.0 Å². The number of thiophene rings is 1. The molecular weight excluding hydrogens is 366 g/mol. The fourth-order valence-corrected chi connectivity index (χ4v) is 5.34. The van der Waals surface area contributed by atoms with Crippen molar-refractivity contribution in [3.8, 4) is 0 Å². The van der Waals surface area contributed by atoms with Crippen molar-refractivity contribution in [2.24, 2.45) is 0 Å². The first-order valence-corrected chi connectivity index (χ1v) is 10.5. The van der Waals surface area contributed by atoms with E-state index < -0.39 is 16.1 Å². The SMILES string of the molecule is O=S(=O)(NCC(O)c1csc2ccccc12)c1cccc2ccccc12. The third-order valence-corrected chi connectivity index (χ3v) is 6.84. The average molecular weight is 383 g/mol. The molecule has 4 aromatic rings. The van der Waals surface area contributed by atoms with E-state index in [-0.39, 0.29) is 11.4 Å². The predicted molar refractivity (Wildman–Crippen MR) is 106 cm³/mol. The highest BCUT2D eigenvalue weighted by molar-refractivity contribution is 7.89. The zero-order valence-corrected chi connectivity index (χ0v) is 15.4. The van der Waals surface area contributed by atoms with E-state index in [0.717, 1.165) is 21.0 Å². The van der Waals surface area contributed by atoms with Crippen molar-refractivity contribution in [2.75, 3.05) is 6.54 Å². The number of hydrogen-bond acceptors (Lipinski definition) is 4. The van der Waals surface area contributed by atoms with Gasteiger partial charge in [-0.2, -0.15) is 0 Å². The van der Waals surface area contributed by atoms with Gasteiger partial charge in [-0.3, -0.25) is 0 Å². The van der Waals surface area contributed by atoms with Crippen LogP contribution in [0.2, 0.25) is 0 Å². The molecule has 0 aliphatic rings. The molecule has 132 valence electrons. The van der Waals surface area contributed by atoms with Crippen LogP contribution in [-0.2, 0) is 10.0 Å². The standard InChI is InChI=1S/C20H17NO3S2/c22-18(17-13-25-19-10-4-3-9-16(17)19)12-21-26(23,24)20-11-5-7-14-6-1-2-8-15(14)20/h1-11,13,18,21-22H,12H2. The molecule has 0 amide bonds. The Morgan fingerprint density at radius 3 is 2.46 bits per heavy atom. The Morgan fingerprint density at radius 1 is 0.923 bits per heavy atom. The number of benzene rings is 3. The van der Waals surface area contributed by atoms with E-state index >= 15 is 0 Å². The number of rotatable bonds is 5. The molecule has 0 aliphatic carbocycles. The molecule has 1 heterocycles. The monoisotopic (exact) mass is 383 g/mol. The first kappa shape index (κ1) is 17.2. The highest BCUT2D eigenvalue weighted by Gasteiger charge is 2.20. The molecule has 4 rings (SSSR count). The van der Waals surface area contributed by atoms with Gasteiger partial charge in [0.2, 0.25) is 10.0 Å². The van der Waals surface area contributed by atoms with Gasteiger partial charge in [-0.1, -0.05) is 54.6 Å². The Bertz CT molecular complexity index is 1180. The summed E-state index contributed by atoms with van der Waals surface area (Å²) in [6.45, 7) is -0.0771. The van der Waals surface area contributed by atoms with Gasteiger partial charge in [-0.25, -0.2) is 13.1 Å². The molecule has 0 radical (unpaired) electrons. The van der Waals surface area contributed by atoms with E-state index in [1.165, 1.54) is 11.3 Å². The molecule has 0 saturated carbocycles. The van der Waals surface area contributed by atoms with Gasteiger partial charge >= 0.3 is 0 Å². The summed E-state index contributed by atoms with van der Waals surface area (Å²) in [7, 11) is -3.73. The van der Waals surface area contributed by atoms with Crippen LogP contribution in [0.15, 0.2) is 77.0 Å². The normalized spacial score (nSPS) is 13.3. The summed E-state index contributed by atoms with van der Waals surface area (Å²) in [4.78, 5) is 0.220. The Hall–Kier alpha value is -2.25. The third kappa shape index (κ3) is 3.12. The zero-order chi connectivity index (χ0) is 18.1. The number of aliphatic hydroxyl groups excluding tert-OH is 1. The molecule has 0 fully saturated rings. The van der Waals surface area contributed by atoms with Crippen molar-refractivity contribution in [3.63, 3.8) is 0 Å². The van der Waals surface area contributed by atoms with Gasteiger partial charge in [0.1, 0.15) is 0 Å². The van der Waals surface area contributed by atoms with Crippen LogP contribution in [0.4, 0.5) is 0 Å². The maximum atomic E-state index is 12.8. The van der Waals surface area contributed by atoms with Gasteiger partial charge < -0.3 is 5.11 Å². The second kappa shape index (κ2) is 6.81. The minimum atomic E-state index is -3.73. The van der Waals surface area contributed by atoms with E-state index in [0.29, 0.717) is 5.39 Å². The lowest BCUT2D eigenvalue weighted by Crippen LogP contribution is -2.28. The fraction of sp³-hybridized carbons (Fsp3) is 0.100. The van der Waals surface area contributed by atoms with E-state index in [2.05, 4.69) is 4.72 Å². The summed E-state index contributed by atoms with van der Waals surface area (Å²) in [5, 5.41) is 14.9. The summed E-state index contributed by atoms with van der Waals surface area (Å²) in [6, 6.07) is 20.3. The van der Waals surface area contributed by atoms with Crippen LogP contribution >= 0.6 is 11.3 Å². The smallest absolute Gasteiger partial charge is 0.241 e. The first-order chi connectivity index (χ1) is 12.6. The molecule has 0 spiro atoms. The van der Waals surface area contributed by atoms with Crippen molar-refractivity contribution in [1.82, 2.24) is 4.72 Å². The van der Waals surface area contributed by atoms with Gasteiger partial charge in [-0.15, -0.1) is 11.3 Å². The molecular formula is C20H17NO3S2. The van der Waals surface area contributed by atoms with Gasteiger partial charge in [-0.05, 0) is 28.3 Å². The quantitative estimate of drug-likeness (QED) is 0.546. The lowest BCUT2D eigenvalue weighted by atomic mass is 10.1. The number of nitrogens with one attached hydrogen (secondary N) is 1. The van der Waals surface area contributed by atoms with Crippen LogP contribution in [0, 0.1) is 0 Å². The highest BCUT2D eigenvalue weighted by atomic mass is 32.2. The molecule has 0 bridgehead atoms. The number of aliphatic hydroxyl groups is 1. The Kier molecular flexibility index (Phi) is 4.50. The molecule has 1 atom stereocenters. The maximum Gasteiger partial charge on any atom is 0.241 e. The number of sulfonamides is 1. The van der Waals surface area contributed by atoms with E-state index in [9.17, 15) is 13.5 Å². The van der Waals surface area contributed by atoms with Gasteiger partial charge in [0, 0.05) is 22.2 Å². The van der Waals surface area contributed by atoms with Crippen LogP contribution < -0.4 is 4.72 Å². The average Bonchev–Trinajstić information content (AvgIpc) is 3.10. The summed E-state index contributed by atoms with van der Waals surface area (Å²) in [6.07, 6.45) is -0.907. The molecule has 0 saturated heterocycles.